The number of benzene rings is 2. The van der Waals surface area contributed by atoms with E-state index in [2.05, 4.69) is 20.8 Å². The summed E-state index contributed by atoms with van der Waals surface area (Å²) in [5.41, 5.74) is 1.48. The maximum atomic E-state index is 14.5. The lowest BCUT2D eigenvalue weighted by atomic mass is 10.1. The van der Waals surface area contributed by atoms with E-state index in [-0.39, 0.29) is 17.6 Å². The van der Waals surface area contributed by atoms with Crippen molar-refractivity contribution in [1.29, 1.82) is 0 Å². The van der Waals surface area contributed by atoms with Gasteiger partial charge in [-0.3, -0.25) is 10.1 Å². The molecule has 3 aromatic rings. The van der Waals surface area contributed by atoms with E-state index in [1.54, 1.807) is 18.2 Å². The number of aryl methyl sites for hydroxylation is 1. The predicted molar refractivity (Wildman–Crippen MR) is 125 cm³/mol. The number of hydrogen-bond donors (Lipinski definition) is 2. The number of hydrogen-bond acceptors (Lipinski definition) is 5. The monoisotopic (exact) mass is 467 g/mol. The van der Waals surface area contributed by atoms with Crippen LogP contribution in [0.3, 0.4) is 0 Å². The third-order valence-electron chi connectivity index (χ3n) is 5.57. The first kappa shape index (κ1) is 23.0. The number of rotatable bonds is 8. The highest BCUT2D eigenvalue weighted by Crippen LogP contribution is 2.26. The Kier molecular flexibility index (Phi) is 7.72. The van der Waals surface area contributed by atoms with Crippen LogP contribution >= 0.6 is 11.8 Å². The summed E-state index contributed by atoms with van der Waals surface area (Å²) in [6, 6.07) is 16.0. The Hall–Kier alpha value is -3.20. The minimum atomic E-state index is -0.468. The standard InChI is InChI=1S/C24H26FN5O2S/c25-20-13-7-6-12-19(20)22-28-29-24(30(22)15-14-17-8-2-1-3-9-17)33-16-21(31)27-23(32)26-18-10-4-5-11-18/h1-3,6-9,12-13,18H,4-5,10-11,14-16H2,(H2,26,27,31,32). The quantitative estimate of drug-likeness (QED) is 0.485. The van der Waals surface area contributed by atoms with Crippen molar-refractivity contribution in [2.45, 2.75) is 49.8 Å². The second-order valence-electron chi connectivity index (χ2n) is 7.96. The summed E-state index contributed by atoms with van der Waals surface area (Å²) in [5, 5.41) is 14.1. The molecule has 33 heavy (non-hydrogen) atoms. The first-order valence-corrected chi connectivity index (χ1v) is 12.0. The number of carbonyl (C=O) groups excluding carboxylic acids is 2. The van der Waals surface area contributed by atoms with Gasteiger partial charge in [0.2, 0.25) is 5.91 Å². The maximum absolute atomic E-state index is 14.5. The molecule has 1 heterocycles. The van der Waals surface area contributed by atoms with Crippen LogP contribution < -0.4 is 10.6 Å². The van der Waals surface area contributed by atoms with Gasteiger partial charge in [-0.05, 0) is 37.0 Å². The number of amides is 3. The predicted octanol–water partition coefficient (Wildman–Crippen LogP) is 4.19. The molecule has 4 rings (SSSR count). The van der Waals surface area contributed by atoms with Crippen molar-refractivity contribution in [1.82, 2.24) is 25.4 Å². The molecule has 0 unspecified atom stereocenters. The summed E-state index contributed by atoms with van der Waals surface area (Å²) in [4.78, 5) is 24.4. The van der Waals surface area contributed by atoms with Gasteiger partial charge in [-0.2, -0.15) is 0 Å². The summed E-state index contributed by atoms with van der Waals surface area (Å²) in [7, 11) is 0. The van der Waals surface area contributed by atoms with Crippen molar-refractivity contribution in [2.75, 3.05) is 5.75 Å². The fraction of sp³-hybridized carbons (Fsp3) is 0.333. The number of nitrogens with zero attached hydrogens (tertiary/aromatic N) is 3. The summed E-state index contributed by atoms with van der Waals surface area (Å²) in [6.45, 7) is 0.521. The molecule has 9 heteroatoms. The molecule has 0 radical (unpaired) electrons. The zero-order chi connectivity index (χ0) is 23.0. The van der Waals surface area contributed by atoms with Crippen molar-refractivity contribution in [2.24, 2.45) is 0 Å². The lowest BCUT2D eigenvalue weighted by molar-refractivity contribution is -0.117. The molecule has 1 aliphatic carbocycles. The number of halogens is 1. The van der Waals surface area contributed by atoms with Crippen LogP contribution in [0.5, 0.6) is 0 Å². The van der Waals surface area contributed by atoms with Crippen LogP contribution in [0.4, 0.5) is 9.18 Å². The molecule has 1 aromatic heterocycles. The first-order valence-electron chi connectivity index (χ1n) is 11.1. The van der Waals surface area contributed by atoms with Gasteiger partial charge in [0.15, 0.2) is 11.0 Å². The second-order valence-corrected chi connectivity index (χ2v) is 8.91. The molecule has 2 aromatic carbocycles. The van der Waals surface area contributed by atoms with Gasteiger partial charge >= 0.3 is 6.03 Å². The SMILES string of the molecule is O=C(CSc1nnc(-c2ccccc2F)n1CCc1ccccc1)NC(=O)NC1CCCC1. The molecule has 0 spiro atoms. The van der Waals surface area contributed by atoms with Gasteiger partial charge in [0.25, 0.3) is 0 Å². The lowest BCUT2D eigenvalue weighted by Gasteiger charge is -2.13. The van der Waals surface area contributed by atoms with Crippen LogP contribution in [0.25, 0.3) is 11.4 Å². The molecular formula is C24H26FN5O2S. The summed E-state index contributed by atoms with van der Waals surface area (Å²) in [5.74, 6) is -0.394. The van der Waals surface area contributed by atoms with E-state index in [0.717, 1.165) is 31.2 Å². The fourth-order valence-corrected chi connectivity index (χ4v) is 4.67. The molecule has 1 aliphatic rings. The van der Waals surface area contributed by atoms with Gasteiger partial charge in [0.1, 0.15) is 5.82 Å². The molecule has 172 valence electrons. The third-order valence-corrected chi connectivity index (χ3v) is 6.54. The van der Waals surface area contributed by atoms with Crippen molar-refractivity contribution in [3.63, 3.8) is 0 Å². The average Bonchev–Trinajstić information content (AvgIpc) is 3.47. The number of urea groups is 1. The van der Waals surface area contributed by atoms with Crippen molar-refractivity contribution in [3.05, 3.63) is 66.0 Å². The Morgan fingerprint density at radius 1 is 1.03 bits per heavy atom. The molecule has 2 N–H and O–H groups in total. The Bertz CT molecular complexity index is 1100. The van der Waals surface area contributed by atoms with Gasteiger partial charge in [0.05, 0.1) is 11.3 Å². The minimum Gasteiger partial charge on any atom is -0.335 e. The van der Waals surface area contributed by atoms with Gasteiger partial charge in [-0.25, -0.2) is 9.18 Å². The molecule has 0 atom stereocenters. The third kappa shape index (κ3) is 6.19. The van der Waals surface area contributed by atoms with Crippen LogP contribution in [-0.2, 0) is 17.8 Å². The number of imide groups is 1. The van der Waals surface area contributed by atoms with E-state index in [1.165, 1.54) is 17.8 Å². The Labute approximate surface area is 196 Å². The van der Waals surface area contributed by atoms with E-state index >= 15 is 0 Å². The molecule has 1 saturated carbocycles. The Balaban J connectivity index is 1.44. The normalized spacial score (nSPS) is 13.7. The van der Waals surface area contributed by atoms with Crippen LogP contribution in [0.2, 0.25) is 0 Å². The molecule has 0 aliphatic heterocycles. The molecule has 0 bridgehead atoms. The summed E-state index contributed by atoms with van der Waals surface area (Å²) >= 11 is 1.17. The van der Waals surface area contributed by atoms with Crippen molar-refractivity contribution >= 4 is 23.7 Å². The molecular weight excluding hydrogens is 441 g/mol. The number of carbonyl (C=O) groups is 2. The average molecular weight is 468 g/mol. The Morgan fingerprint density at radius 3 is 2.52 bits per heavy atom. The lowest BCUT2D eigenvalue weighted by Crippen LogP contribution is -2.44. The molecule has 3 amide bonds. The van der Waals surface area contributed by atoms with E-state index in [9.17, 15) is 14.0 Å². The highest BCUT2D eigenvalue weighted by atomic mass is 32.2. The van der Waals surface area contributed by atoms with Crippen LogP contribution in [0.15, 0.2) is 59.8 Å². The van der Waals surface area contributed by atoms with E-state index in [4.69, 9.17) is 0 Å². The zero-order valence-electron chi connectivity index (χ0n) is 18.2. The molecule has 1 fully saturated rings. The summed E-state index contributed by atoms with van der Waals surface area (Å²) in [6.07, 6.45) is 4.78. The van der Waals surface area contributed by atoms with Gasteiger partial charge in [0, 0.05) is 12.6 Å². The topological polar surface area (TPSA) is 88.9 Å². The van der Waals surface area contributed by atoms with E-state index in [0.29, 0.717) is 29.5 Å². The highest BCUT2D eigenvalue weighted by molar-refractivity contribution is 7.99. The van der Waals surface area contributed by atoms with Crippen molar-refractivity contribution in [3.8, 4) is 11.4 Å². The fourth-order valence-electron chi connectivity index (χ4n) is 3.91. The Morgan fingerprint density at radius 2 is 1.76 bits per heavy atom. The first-order chi connectivity index (χ1) is 16.1. The number of thioether (sulfide) groups is 1. The summed E-state index contributed by atoms with van der Waals surface area (Å²) < 4.78 is 16.3. The minimum absolute atomic E-state index is 0.00116. The smallest absolute Gasteiger partial charge is 0.321 e. The van der Waals surface area contributed by atoms with E-state index in [1.807, 2.05) is 34.9 Å². The van der Waals surface area contributed by atoms with Crippen LogP contribution in [0, 0.1) is 5.82 Å². The van der Waals surface area contributed by atoms with Gasteiger partial charge in [-0.15, -0.1) is 10.2 Å². The van der Waals surface area contributed by atoms with E-state index < -0.39 is 11.9 Å². The molecule has 0 saturated heterocycles. The molecule has 7 nitrogen and oxygen atoms in total. The second kappa shape index (κ2) is 11.1. The largest absolute Gasteiger partial charge is 0.335 e. The van der Waals surface area contributed by atoms with Crippen molar-refractivity contribution < 1.29 is 14.0 Å². The highest BCUT2D eigenvalue weighted by Gasteiger charge is 2.20. The van der Waals surface area contributed by atoms with Gasteiger partial charge < -0.3 is 9.88 Å². The van der Waals surface area contributed by atoms with Crippen LogP contribution in [-0.4, -0.2) is 38.5 Å². The van der Waals surface area contributed by atoms with Crippen LogP contribution in [0.1, 0.15) is 31.2 Å². The number of aromatic nitrogens is 3. The zero-order valence-corrected chi connectivity index (χ0v) is 19.0. The van der Waals surface area contributed by atoms with Gasteiger partial charge in [-0.1, -0.05) is 67.1 Å². The maximum Gasteiger partial charge on any atom is 0.321 e. The number of nitrogens with one attached hydrogen (secondary N) is 2.